The van der Waals surface area contributed by atoms with Crippen LogP contribution in [0.4, 0.5) is 18.9 Å². The summed E-state index contributed by atoms with van der Waals surface area (Å²) in [7, 11) is 0. The summed E-state index contributed by atoms with van der Waals surface area (Å²) in [4.78, 5) is 5.52. The zero-order valence-corrected chi connectivity index (χ0v) is 16.1. The van der Waals surface area contributed by atoms with Crippen LogP contribution in [0.3, 0.4) is 0 Å². The molecule has 1 aromatic rings. The van der Waals surface area contributed by atoms with Gasteiger partial charge in [0.2, 0.25) is 0 Å². The van der Waals surface area contributed by atoms with Crippen molar-refractivity contribution in [3.8, 4) is 5.75 Å². The monoisotopic (exact) mass is 407 g/mol. The number of benzene rings is 1. The molecule has 1 aliphatic carbocycles. The molecule has 0 amide bonds. The number of hydrogen-bond acceptors (Lipinski definition) is 5. The summed E-state index contributed by atoms with van der Waals surface area (Å²) in [6.07, 6.45) is 4.23. The van der Waals surface area contributed by atoms with Crippen molar-refractivity contribution in [1.82, 2.24) is 10.3 Å². The van der Waals surface area contributed by atoms with Gasteiger partial charge in [-0.1, -0.05) is 6.58 Å². The number of nitrogens with one attached hydrogen (secondary N) is 2. The number of likely N-dealkylation sites (tertiary alicyclic amines) is 1. The van der Waals surface area contributed by atoms with E-state index in [4.69, 9.17) is 10.5 Å². The third-order valence-electron chi connectivity index (χ3n) is 5.46. The highest BCUT2D eigenvalue weighted by atomic mass is 19.3. The second-order valence-corrected chi connectivity index (χ2v) is 8.01. The molecule has 29 heavy (non-hydrogen) atoms. The van der Waals surface area contributed by atoms with Crippen molar-refractivity contribution in [3.05, 3.63) is 47.6 Å². The molecule has 6 nitrogen and oxygen atoms in total. The van der Waals surface area contributed by atoms with Crippen LogP contribution in [0.15, 0.2) is 41.2 Å². The fraction of sp³-hybridized carbons (Fsp3) is 0.450. The molecule has 2 heterocycles. The van der Waals surface area contributed by atoms with E-state index in [1.807, 2.05) is 6.92 Å². The molecule has 4 rings (SSSR count). The average Bonchev–Trinajstić information content (AvgIpc) is 3.06. The molecule has 1 atom stereocenters. The number of alkyl halides is 2. The lowest BCUT2D eigenvalue weighted by Crippen LogP contribution is -2.25. The Hall–Kier alpha value is -2.68. The summed E-state index contributed by atoms with van der Waals surface area (Å²) in [5.41, 5.74) is 13.0. The van der Waals surface area contributed by atoms with E-state index in [1.54, 1.807) is 12.1 Å². The van der Waals surface area contributed by atoms with Crippen molar-refractivity contribution >= 4 is 12.0 Å². The highest BCUT2D eigenvalue weighted by Crippen LogP contribution is 2.43. The Morgan fingerprint density at radius 2 is 2.14 bits per heavy atom. The van der Waals surface area contributed by atoms with Crippen LogP contribution in [0.25, 0.3) is 0 Å². The number of ether oxygens (including phenoxy) is 1. The first kappa shape index (κ1) is 19.6. The Bertz CT molecular complexity index is 894. The molecule has 2 aliphatic heterocycles. The minimum atomic E-state index is -2.76. The first-order valence-corrected chi connectivity index (χ1v) is 9.51. The van der Waals surface area contributed by atoms with Crippen LogP contribution >= 0.6 is 0 Å². The summed E-state index contributed by atoms with van der Waals surface area (Å²) in [6, 6.07) is 2.63. The minimum absolute atomic E-state index is 0.179. The van der Waals surface area contributed by atoms with Gasteiger partial charge in [-0.05, 0) is 37.5 Å². The van der Waals surface area contributed by atoms with E-state index in [-0.39, 0.29) is 24.3 Å². The molecule has 0 radical (unpaired) electrons. The third kappa shape index (κ3) is 4.05. The van der Waals surface area contributed by atoms with Gasteiger partial charge in [0.1, 0.15) is 11.4 Å². The topological polar surface area (TPSA) is 74.9 Å². The quantitative estimate of drug-likeness (QED) is 0.383. The van der Waals surface area contributed by atoms with Crippen LogP contribution in [0.5, 0.6) is 5.75 Å². The van der Waals surface area contributed by atoms with Crippen molar-refractivity contribution < 1.29 is 17.9 Å². The van der Waals surface area contributed by atoms with Crippen molar-refractivity contribution in [3.63, 3.8) is 0 Å². The second kappa shape index (κ2) is 6.98. The third-order valence-corrected chi connectivity index (χ3v) is 5.46. The number of fused-ring (bicyclic) bond motifs is 1. The van der Waals surface area contributed by atoms with E-state index in [1.165, 1.54) is 11.0 Å². The Labute approximate surface area is 167 Å². The Morgan fingerprint density at radius 3 is 2.76 bits per heavy atom. The molecule has 1 unspecified atom stereocenters. The number of hydrazine groups is 1. The number of nitrogens with zero attached hydrogens (tertiary/aromatic N) is 2. The molecule has 1 saturated carbocycles. The van der Waals surface area contributed by atoms with Gasteiger partial charge in [0, 0.05) is 24.6 Å². The molecule has 0 bridgehead atoms. The van der Waals surface area contributed by atoms with Gasteiger partial charge in [-0.2, -0.15) is 0 Å². The van der Waals surface area contributed by atoms with Crippen molar-refractivity contribution in [1.29, 1.82) is 0 Å². The molecule has 9 heteroatoms. The SMILES string of the molecule is C=C(/C=C(\N=C/N)N1CCC(F)(F)C1)C1NNc2cc(F)c(OC3(C)CC3)cc21. The summed E-state index contributed by atoms with van der Waals surface area (Å²) < 4.78 is 47.4. The summed E-state index contributed by atoms with van der Waals surface area (Å²) in [5.74, 6) is -2.70. The lowest BCUT2D eigenvalue weighted by molar-refractivity contribution is 0.0150. The van der Waals surface area contributed by atoms with Crippen molar-refractivity contribution in [2.24, 2.45) is 10.7 Å². The van der Waals surface area contributed by atoms with E-state index in [0.29, 0.717) is 17.1 Å². The van der Waals surface area contributed by atoms with Crippen molar-refractivity contribution in [2.45, 2.75) is 43.8 Å². The maximum Gasteiger partial charge on any atom is 0.266 e. The molecule has 4 N–H and O–H groups in total. The van der Waals surface area contributed by atoms with Gasteiger partial charge in [-0.25, -0.2) is 23.6 Å². The highest BCUT2D eigenvalue weighted by molar-refractivity contribution is 5.62. The Kier molecular flexibility index (Phi) is 4.72. The van der Waals surface area contributed by atoms with Gasteiger partial charge in [0.05, 0.1) is 24.6 Å². The number of anilines is 1. The second-order valence-electron chi connectivity index (χ2n) is 8.01. The molecular formula is C20H24F3N5O. The number of hydrogen-bond donors (Lipinski definition) is 3. The van der Waals surface area contributed by atoms with E-state index in [9.17, 15) is 13.2 Å². The summed E-state index contributed by atoms with van der Waals surface area (Å²) in [6.45, 7) is 5.77. The largest absolute Gasteiger partial charge is 0.484 e. The zero-order valence-electron chi connectivity index (χ0n) is 16.1. The van der Waals surface area contributed by atoms with E-state index < -0.39 is 24.3 Å². The smallest absolute Gasteiger partial charge is 0.266 e. The van der Waals surface area contributed by atoms with Crippen LogP contribution in [-0.2, 0) is 0 Å². The number of rotatable bonds is 6. The lowest BCUT2D eigenvalue weighted by atomic mass is 9.99. The summed E-state index contributed by atoms with van der Waals surface area (Å²) in [5, 5.41) is 0. The normalized spacial score (nSPS) is 24.5. The van der Waals surface area contributed by atoms with Gasteiger partial charge in [-0.3, -0.25) is 0 Å². The maximum atomic E-state index is 14.4. The lowest BCUT2D eigenvalue weighted by Gasteiger charge is -2.20. The van der Waals surface area contributed by atoms with Crippen LogP contribution < -0.4 is 21.3 Å². The van der Waals surface area contributed by atoms with E-state index >= 15 is 0 Å². The van der Waals surface area contributed by atoms with Crippen LogP contribution in [-0.4, -0.2) is 35.9 Å². The van der Waals surface area contributed by atoms with Gasteiger partial charge >= 0.3 is 0 Å². The average molecular weight is 407 g/mol. The molecule has 1 saturated heterocycles. The van der Waals surface area contributed by atoms with Crippen LogP contribution in [0, 0.1) is 5.82 Å². The van der Waals surface area contributed by atoms with E-state index in [0.717, 1.165) is 24.7 Å². The molecular weight excluding hydrogens is 383 g/mol. The van der Waals surface area contributed by atoms with Gasteiger partial charge in [-0.15, -0.1) is 0 Å². The standard InChI is InChI=1S/C20H24F3N5O/c1-12(7-17(25-11-24)28-6-5-20(22,23)10-28)18-13-8-16(29-19(2)3-4-19)14(21)9-15(13)26-27-18/h7-9,11,18,26-27H,1,3-6,10H2,2H3,(H2,24,25)/b17-7+. The van der Waals surface area contributed by atoms with Gasteiger partial charge < -0.3 is 20.8 Å². The fourth-order valence-electron chi connectivity index (χ4n) is 3.53. The van der Waals surface area contributed by atoms with Crippen molar-refractivity contribution in [2.75, 3.05) is 18.5 Å². The molecule has 2 fully saturated rings. The Balaban J connectivity index is 1.58. The first-order valence-electron chi connectivity index (χ1n) is 9.51. The van der Waals surface area contributed by atoms with Crippen LogP contribution in [0.2, 0.25) is 0 Å². The number of halogens is 3. The molecule has 156 valence electrons. The first-order chi connectivity index (χ1) is 13.7. The Morgan fingerprint density at radius 1 is 1.38 bits per heavy atom. The number of aliphatic imine (C=N–C) groups is 1. The molecule has 0 spiro atoms. The molecule has 1 aromatic carbocycles. The highest BCUT2D eigenvalue weighted by Gasteiger charge is 2.41. The zero-order chi connectivity index (χ0) is 20.8. The molecule has 0 aromatic heterocycles. The number of nitrogens with two attached hydrogens (primary N) is 1. The van der Waals surface area contributed by atoms with Crippen LogP contribution in [0.1, 0.15) is 37.8 Å². The van der Waals surface area contributed by atoms with Gasteiger partial charge in [0.25, 0.3) is 5.92 Å². The predicted molar refractivity (Wildman–Crippen MR) is 105 cm³/mol. The van der Waals surface area contributed by atoms with Gasteiger partial charge in [0.15, 0.2) is 11.6 Å². The van der Waals surface area contributed by atoms with E-state index in [2.05, 4.69) is 22.4 Å². The predicted octanol–water partition coefficient (Wildman–Crippen LogP) is 3.45. The molecule has 3 aliphatic rings. The fourth-order valence-corrected chi connectivity index (χ4v) is 3.53. The summed E-state index contributed by atoms with van der Waals surface area (Å²) >= 11 is 0. The maximum absolute atomic E-state index is 14.4. The minimum Gasteiger partial charge on any atom is -0.484 e.